The van der Waals surface area contributed by atoms with Gasteiger partial charge in [-0.15, -0.1) is 23.2 Å². The van der Waals surface area contributed by atoms with Crippen LogP contribution in [0, 0.1) is 0 Å². The fourth-order valence-corrected chi connectivity index (χ4v) is 1.73. The maximum absolute atomic E-state index is 12.7. The van der Waals surface area contributed by atoms with Crippen molar-refractivity contribution in [3.05, 3.63) is 34.9 Å². The standard InChI is InChI=1S/C11H9Cl2F3O/c1-6(17)10(13)8-4-7(5-12)2-3-9(8)11(14,15)16/h2-4,10H,5H2,1H3. The Morgan fingerprint density at radius 2 is 2.00 bits per heavy atom. The number of carbonyl (C=O) groups excluding carboxylic acids is 1. The lowest BCUT2D eigenvalue weighted by atomic mass is 9.99. The number of rotatable bonds is 3. The van der Waals surface area contributed by atoms with Gasteiger partial charge in [0.1, 0.15) is 5.38 Å². The van der Waals surface area contributed by atoms with E-state index < -0.39 is 22.9 Å². The summed E-state index contributed by atoms with van der Waals surface area (Å²) in [4.78, 5) is 11.1. The van der Waals surface area contributed by atoms with Gasteiger partial charge >= 0.3 is 6.18 Å². The molecule has 1 unspecified atom stereocenters. The molecule has 0 spiro atoms. The van der Waals surface area contributed by atoms with E-state index in [1.165, 1.54) is 12.1 Å². The first-order valence-electron chi connectivity index (χ1n) is 4.68. The van der Waals surface area contributed by atoms with Gasteiger partial charge in [-0.1, -0.05) is 12.1 Å². The summed E-state index contributed by atoms with van der Waals surface area (Å²) in [5.41, 5.74) is -0.659. The lowest BCUT2D eigenvalue weighted by molar-refractivity contribution is -0.138. The van der Waals surface area contributed by atoms with Crippen molar-refractivity contribution in [1.82, 2.24) is 0 Å². The second-order valence-corrected chi connectivity index (χ2v) is 4.23. The van der Waals surface area contributed by atoms with E-state index in [9.17, 15) is 18.0 Å². The van der Waals surface area contributed by atoms with Gasteiger partial charge in [0.05, 0.1) is 5.56 Å². The second-order valence-electron chi connectivity index (χ2n) is 3.53. The molecule has 0 bridgehead atoms. The van der Waals surface area contributed by atoms with Gasteiger partial charge in [-0.3, -0.25) is 4.79 Å². The van der Waals surface area contributed by atoms with E-state index in [1.807, 2.05) is 0 Å². The summed E-state index contributed by atoms with van der Waals surface area (Å²) in [5.74, 6) is -0.476. The fourth-order valence-electron chi connectivity index (χ4n) is 1.38. The minimum Gasteiger partial charge on any atom is -0.298 e. The van der Waals surface area contributed by atoms with Gasteiger partial charge in [0, 0.05) is 5.88 Å². The molecule has 0 saturated carbocycles. The van der Waals surface area contributed by atoms with E-state index in [1.54, 1.807) is 0 Å². The Bertz CT molecular complexity index is 429. The van der Waals surface area contributed by atoms with Gasteiger partial charge in [0.2, 0.25) is 0 Å². The molecule has 0 aliphatic carbocycles. The molecule has 1 atom stereocenters. The normalized spacial score (nSPS) is 13.5. The molecule has 0 aromatic heterocycles. The van der Waals surface area contributed by atoms with E-state index >= 15 is 0 Å². The summed E-state index contributed by atoms with van der Waals surface area (Å²) >= 11 is 11.2. The molecule has 0 heterocycles. The van der Waals surface area contributed by atoms with Crippen LogP contribution in [0.4, 0.5) is 13.2 Å². The Kier molecular flexibility index (Phi) is 4.44. The number of hydrogen-bond acceptors (Lipinski definition) is 1. The van der Waals surface area contributed by atoms with Crippen molar-refractivity contribution >= 4 is 29.0 Å². The monoisotopic (exact) mass is 284 g/mol. The third-order valence-corrected chi connectivity index (χ3v) is 3.06. The molecule has 0 amide bonds. The Hall–Kier alpha value is -0.740. The number of benzene rings is 1. The first-order chi connectivity index (χ1) is 7.77. The summed E-state index contributed by atoms with van der Waals surface area (Å²) in [6, 6.07) is 3.38. The lowest BCUT2D eigenvalue weighted by Crippen LogP contribution is -2.13. The maximum Gasteiger partial charge on any atom is 0.416 e. The van der Waals surface area contributed by atoms with E-state index in [2.05, 4.69) is 0 Å². The molecular weight excluding hydrogens is 276 g/mol. The van der Waals surface area contributed by atoms with Crippen molar-refractivity contribution < 1.29 is 18.0 Å². The second kappa shape index (κ2) is 5.27. The van der Waals surface area contributed by atoms with Crippen LogP contribution in [0.1, 0.15) is 29.0 Å². The Balaban J connectivity index is 3.36. The molecule has 1 nitrogen and oxygen atoms in total. The van der Waals surface area contributed by atoms with Gasteiger partial charge in [0.15, 0.2) is 5.78 Å². The molecule has 1 aromatic rings. The topological polar surface area (TPSA) is 17.1 Å². The fraction of sp³-hybridized carbons (Fsp3) is 0.364. The zero-order valence-electron chi connectivity index (χ0n) is 8.81. The molecule has 0 aliphatic rings. The molecule has 0 saturated heterocycles. The van der Waals surface area contributed by atoms with Gasteiger partial charge in [-0.25, -0.2) is 0 Å². The van der Waals surface area contributed by atoms with E-state index in [0.717, 1.165) is 13.0 Å². The quantitative estimate of drug-likeness (QED) is 0.756. The molecule has 0 radical (unpaired) electrons. The van der Waals surface area contributed by atoms with Crippen LogP contribution in [0.15, 0.2) is 18.2 Å². The van der Waals surface area contributed by atoms with Crippen LogP contribution in [0.25, 0.3) is 0 Å². The van der Waals surface area contributed by atoms with Gasteiger partial charge in [0.25, 0.3) is 0 Å². The summed E-state index contributed by atoms with van der Waals surface area (Å²) in [7, 11) is 0. The predicted octanol–water partition coefficient (Wildman–Crippen LogP) is 4.31. The van der Waals surface area contributed by atoms with Crippen molar-refractivity contribution in [1.29, 1.82) is 0 Å². The largest absolute Gasteiger partial charge is 0.416 e. The first-order valence-corrected chi connectivity index (χ1v) is 5.65. The number of hydrogen-bond donors (Lipinski definition) is 0. The van der Waals surface area contributed by atoms with Gasteiger partial charge in [-0.2, -0.15) is 13.2 Å². The molecular formula is C11H9Cl2F3O. The van der Waals surface area contributed by atoms with Crippen LogP contribution in [0.3, 0.4) is 0 Å². The summed E-state index contributed by atoms with van der Waals surface area (Å²) in [6.07, 6.45) is -4.54. The number of Topliss-reactive ketones (excluding diaryl/α,β-unsaturated/α-hetero) is 1. The highest BCUT2D eigenvalue weighted by atomic mass is 35.5. The molecule has 0 N–H and O–H groups in total. The Labute approximate surface area is 107 Å². The number of alkyl halides is 5. The van der Waals surface area contributed by atoms with Crippen molar-refractivity contribution in [3.63, 3.8) is 0 Å². The van der Waals surface area contributed by atoms with E-state index in [-0.39, 0.29) is 11.4 Å². The minimum atomic E-state index is -4.54. The Morgan fingerprint density at radius 3 is 2.41 bits per heavy atom. The Morgan fingerprint density at radius 1 is 1.41 bits per heavy atom. The summed E-state index contributed by atoms with van der Waals surface area (Å²) in [6.45, 7) is 1.14. The zero-order valence-corrected chi connectivity index (χ0v) is 10.3. The third-order valence-electron chi connectivity index (χ3n) is 2.21. The highest BCUT2D eigenvalue weighted by Crippen LogP contribution is 2.37. The van der Waals surface area contributed by atoms with Crippen LogP contribution in [-0.4, -0.2) is 5.78 Å². The van der Waals surface area contributed by atoms with E-state index in [0.29, 0.717) is 5.56 Å². The number of halogens is 5. The smallest absolute Gasteiger partial charge is 0.298 e. The average Bonchev–Trinajstić information content (AvgIpc) is 2.25. The van der Waals surface area contributed by atoms with Gasteiger partial charge in [-0.05, 0) is 24.1 Å². The molecule has 1 aromatic carbocycles. The average molecular weight is 285 g/mol. The van der Waals surface area contributed by atoms with Crippen LogP contribution < -0.4 is 0 Å². The minimum absolute atomic E-state index is 0.0622. The highest BCUT2D eigenvalue weighted by Gasteiger charge is 2.35. The van der Waals surface area contributed by atoms with Crippen molar-refractivity contribution in [2.45, 2.75) is 24.4 Å². The number of ketones is 1. The lowest BCUT2D eigenvalue weighted by Gasteiger charge is -2.16. The van der Waals surface area contributed by atoms with Crippen LogP contribution in [0.2, 0.25) is 0 Å². The molecule has 17 heavy (non-hydrogen) atoms. The summed E-state index contributed by atoms with van der Waals surface area (Å²) in [5, 5.41) is -1.31. The molecule has 94 valence electrons. The SMILES string of the molecule is CC(=O)C(Cl)c1cc(CCl)ccc1C(F)(F)F. The molecule has 1 rings (SSSR count). The molecule has 0 fully saturated rings. The van der Waals surface area contributed by atoms with Crippen molar-refractivity contribution in [2.24, 2.45) is 0 Å². The van der Waals surface area contributed by atoms with Crippen molar-refractivity contribution in [3.8, 4) is 0 Å². The van der Waals surface area contributed by atoms with Crippen LogP contribution in [-0.2, 0) is 16.9 Å². The highest BCUT2D eigenvalue weighted by molar-refractivity contribution is 6.31. The summed E-state index contributed by atoms with van der Waals surface area (Å²) < 4.78 is 38.1. The van der Waals surface area contributed by atoms with Crippen LogP contribution in [0.5, 0.6) is 0 Å². The zero-order chi connectivity index (χ0) is 13.2. The third kappa shape index (κ3) is 3.36. The van der Waals surface area contributed by atoms with E-state index in [4.69, 9.17) is 23.2 Å². The van der Waals surface area contributed by atoms with Crippen LogP contribution >= 0.6 is 23.2 Å². The van der Waals surface area contributed by atoms with Crippen molar-refractivity contribution in [2.75, 3.05) is 0 Å². The van der Waals surface area contributed by atoms with Gasteiger partial charge < -0.3 is 0 Å². The molecule has 0 aliphatic heterocycles. The number of carbonyl (C=O) groups is 1. The predicted molar refractivity (Wildman–Crippen MR) is 60.3 cm³/mol. The first kappa shape index (κ1) is 14.3. The maximum atomic E-state index is 12.7. The molecule has 6 heteroatoms.